The summed E-state index contributed by atoms with van der Waals surface area (Å²) in [5.41, 5.74) is 8.54. The Hall–Kier alpha value is -2.68. The second-order valence-electron chi connectivity index (χ2n) is 5.79. The third-order valence-electron chi connectivity index (χ3n) is 3.91. The van der Waals surface area contributed by atoms with Gasteiger partial charge in [0.15, 0.2) is 0 Å². The summed E-state index contributed by atoms with van der Waals surface area (Å²) in [6, 6.07) is 12.3. The molecule has 27 heavy (non-hydrogen) atoms. The molecule has 2 aromatic carbocycles. The van der Waals surface area contributed by atoms with E-state index in [2.05, 4.69) is 14.7 Å². The minimum absolute atomic E-state index is 0.0892. The molecular weight excluding hydrogens is 367 g/mol. The molecule has 0 bridgehead atoms. The molecule has 0 spiro atoms. The molecule has 0 saturated heterocycles. The van der Waals surface area contributed by atoms with Crippen molar-refractivity contribution in [3.63, 3.8) is 0 Å². The van der Waals surface area contributed by atoms with Gasteiger partial charge in [0.05, 0.1) is 41.4 Å². The van der Waals surface area contributed by atoms with E-state index < -0.39 is 16.8 Å². The molecule has 1 unspecified atom stereocenters. The number of aromatic nitrogens is 2. The normalized spacial score (nSPS) is 12.1. The number of halogens is 1. The van der Waals surface area contributed by atoms with E-state index >= 15 is 0 Å². The number of anilines is 1. The number of hydrogen-bond donors (Lipinski definition) is 3. The fourth-order valence-electron chi connectivity index (χ4n) is 2.65. The van der Waals surface area contributed by atoms with Gasteiger partial charge in [-0.2, -0.15) is 0 Å². The van der Waals surface area contributed by atoms with Crippen LogP contribution in [0, 0.1) is 5.82 Å². The molecule has 1 heterocycles. The van der Waals surface area contributed by atoms with Crippen LogP contribution < -0.4 is 10.5 Å². The highest BCUT2D eigenvalue weighted by atomic mass is 32.2. The third-order valence-corrected chi connectivity index (χ3v) is 5.01. The number of hydrogen-bond acceptors (Lipinski definition) is 5. The first-order valence-electron chi connectivity index (χ1n) is 8.27. The summed E-state index contributed by atoms with van der Waals surface area (Å²) < 4.78 is 29.5. The SMILES string of the molecule is Nc1cnc(-c2ccc(-c3ccccc3CS(=O)NCCO)cc2F)cn1. The second kappa shape index (κ2) is 8.81. The predicted octanol–water partition coefficient (Wildman–Crippen LogP) is 2.28. The lowest BCUT2D eigenvalue weighted by molar-refractivity contribution is 0.302. The summed E-state index contributed by atoms with van der Waals surface area (Å²) in [6.07, 6.45) is 2.81. The Morgan fingerprint density at radius 3 is 2.63 bits per heavy atom. The fraction of sp³-hybridized carbons (Fsp3) is 0.158. The summed E-state index contributed by atoms with van der Waals surface area (Å²) in [5, 5.41) is 8.82. The minimum Gasteiger partial charge on any atom is -0.395 e. The van der Waals surface area contributed by atoms with Crippen molar-refractivity contribution in [2.75, 3.05) is 18.9 Å². The zero-order valence-electron chi connectivity index (χ0n) is 14.4. The molecule has 1 atom stereocenters. The van der Waals surface area contributed by atoms with Crippen molar-refractivity contribution >= 4 is 16.8 Å². The van der Waals surface area contributed by atoms with E-state index in [0.717, 1.165) is 11.1 Å². The first kappa shape index (κ1) is 19.1. The van der Waals surface area contributed by atoms with Gasteiger partial charge in [0.2, 0.25) is 0 Å². The van der Waals surface area contributed by atoms with Crippen LogP contribution in [-0.2, 0) is 16.7 Å². The molecule has 0 amide bonds. The van der Waals surface area contributed by atoms with Crippen molar-refractivity contribution < 1.29 is 13.7 Å². The first-order chi connectivity index (χ1) is 13.1. The number of aliphatic hydroxyl groups excluding tert-OH is 1. The number of nitrogen functional groups attached to an aromatic ring is 1. The van der Waals surface area contributed by atoms with Crippen LogP contribution in [-0.4, -0.2) is 32.4 Å². The van der Waals surface area contributed by atoms with Gasteiger partial charge in [-0.3, -0.25) is 4.98 Å². The van der Waals surface area contributed by atoms with Crippen molar-refractivity contribution in [1.82, 2.24) is 14.7 Å². The highest BCUT2D eigenvalue weighted by Crippen LogP contribution is 2.29. The Kier molecular flexibility index (Phi) is 6.23. The molecular formula is C19H19FN4O2S. The number of nitrogens with two attached hydrogens (primary N) is 1. The summed E-state index contributed by atoms with van der Waals surface area (Å²) in [5.74, 6) is 0.0941. The van der Waals surface area contributed by atoms with Crippen LogP contribution in [0.1, 0.15) is 5.56 Å². The summed E-state index contributed by atoms with van der Waals surface area (Å²) >= 11 is 0. The van der Waals surface area contributed by atoms with Crippen LogP contribution in [0.3, 0.4) is 0 Å². The average Bonchev–Trinajstić information content (AvgIpc) is 2.67. The van der Waals surface area contributed by atoms with E-state index in [-0.39, 0.29) is 24.7 Å². The van der Waals surface area contributed by atoms with Gasteiger partial charge in [-0.25, -0.2) is 18.3 Å². The van der Waals surface area contributed by atoms with Gasteiger partial charge in [-0.05, 0) is 28.8 Å². The monoisotopic (exact) mass is 386 g/mol. The van der Waals surface area contributed by atoms with Crippen molar-refractivity contribution in [3.05, 3.63) is 66.2 Å². The Morgan fingerprint density at radius 2 is 1.93 bits per heavy atom. The van der Waals surface area contributed by atoms with Gasteiger partial charge in [-0.1, -0.05) is 30.3 Å². The molecule has 0 fully saturated rings. The standard InChI is InChI=1S/C19H19FN4O2S/c20-17-9-13(5-6-16(17)18-10-23-19(21)11-22-18)15-4-2-1-3-14(15)12-27(26)24-7-8-25/h1-6,9-11,24-25H,7-8,12H2,(H2,21,23). The molecule has 140 valence electrons. The lowest BCUT2D eigenvalue weighted by atomic mass is 9.98. The topological polar surface area (TPSA) is 101 Å². The zero-order chi connectivity index (χ0) is 19.2. The molecule has 3 aromatic rings. The van der Waals surface area contributed by atoms with Crippen LogP contribution in [0.4, 0.5) is 10.2 Å². The summed E-state index contributed by atoms with van der Waals surface area (Å²) in [7, 11) is -1.33. The van der Waals surface area contributed by atoms with Crippen molar-refractivity contribution in [1.29, 1.82) is 0 Å². The Morgan fingerprint density at radius 1 is 1.11 bits per heavy atom. The van der Waals surface area contributed by atoms with Gasteiger partial charge in [-0.15, -0.1) is 0 Å². The fourth-order valence-corrected chi connectivity index (χ4v) is 3.60. The molecule has 0 radical (unpaired) electrons. The lowest BCUT2D eigenvalue weighted by Gasteiger charge is -2.11. The van der Waals surface area contributed by atoms with Crippen molar-refractivity contribution in [2.45, 2.75) is 5.75 Å². The number of nitrogens with one attached hydrogen (secondary N) is 1. The largest absolute Gasteiger partial charge is 0.395 e. The Balaban J connectivity index is 1.90. The lowest BCUT2D eigenvalue weighted by Crippen LogP contribution is -2.22. The number of aliphatic hydroxyl groups is 1. The molecule has 3 rings (SSSR count). The number of rotatable bonds is 7. The van der Waals surface area contributed by atoms with Gasteiger partial charge in [0, 0.05) is 12.1 Å². The van der Waals surface area contributed by atoms with Crippen molar-refractivity contribution in [2.24, 2.45) is 0 Å². The first-order valence-corrected chi connectivity index (χ1v) is 9.59. The zero-order valence-corrected chi connectivity index (χ0v) is 15.2. The van der Waals surface area contributed by atoms with Crippen LogP contribution >= 0.6 is 0 Å². The summed E-state index contributed by atoms with van der Waals surface area (Å²) in [4.78, 5) is 8.04. The minimum atomic E-state index is -1.33. The van der Waals surface area contributed by atoms with E-state index in [1.165, 1.54) is 18.5 Å². The average molecular weight is 386 g/mol. The van der Waals surface area contributed by atoms with Gasteiger partial charge in [0.1, 0.15) is 11.6 Å². The maximum absolute atomic E-state index is 14.7. The summed E-state index contributed by atoms with van der Waals surface area (Å²) in [6.45, 7) is 0.162. The highest BCUT2D eigenvalue weighted by molar-refractivity contribution is 7.82. The van der Waals surface area contributed by atoms with Crippen LogP contribution in [0.5, 0.6) is 0 Å². The molecule has 0 aliphatic heterocycles. The maximum atomic E-state index is 14.7. The van der Waals surface area contributed by atoms with E-state index in [9.17, 15) is 8.60 Å². The maximum Gasteiger partial charge on any atom is 0.141 e. The van der Waals surface area contributed by atoms with Crippen LogP contribution in [0.25, 0.3) is 22.4 Å². The van der Waals surface area contributed by atoms with Gasteiger partial charge >= 0.3 is 0 Å². The number of nitrogens with zero attached hydrogens (tertiary/aromatic N) is 2. The van der Waals surface area contributed by atoms with Crippen molar-refractivity contribution in [3.8, 4) is 22.4 Å². The van der Waals surface area contributed by atoms with Crippen LogP contribution in [0.2, 0.25) is 0 Å². The molecule has 1 aromatic heterocycles. The quantitative estimate of drug-likeness (QED) is 0.578. The van der Waals surface area contributed by atoms with E-state index in [1.54, 1.807) is 12.1 Å². The Bertz CT molecular complexity index is 951. The molecule has 6 nitrogen and oxygen atoms in total. The van der Waals surface area contributed by atoms with Gasteiger partial charge in [0.25, 0.3) is 0 Å². The molecule has 4 N–H and O–H groups in total. The molecule has 0 saturated carbocycles. The predicted molar refractivity (Wildman–Crippen MR) is 104 cm³/mol. The second-order valence-corrected chi connectivity index (χ2v) is 7.05. The number of benzene rings is 2. The Labute approximate surface area is 158 Å². The van der Waals surface area contributed by atoms with E-state index in [4.69, 9.17) is 10.8 Å². The molecule has 0 aliphatic rings. The van der Waals surface area contributed by atoms with E-state index in [1.807, 2.05) is 24.3 Å². The van der Waals surface area contributed by atoms with E-state index in [0.29, 0.717) is 16.8 Å². The smallest absolute Gasteiger partial charge is 0.141 e. The van der Waals surface area contributed by atoms with Crippen LogP contribution in [0.15, 0.2) is 54.9 Å². The highest BCUT2D eigenvalue weighted by Gasteiger charge is 2.12. The molecule has 0 aliphatic carbocycles. The van der Waals surface area contributed by atoms with Gasteiger partial charge < -0.3 is 10.8 Å². The molecule has 8 heteroatoms. The third kappa shape index (κ3) is 4.73.